The lowest BCUT2D eigenvalue weighted by atomic mass is 10.1. The predicted molar refractivity (Wildman–Crippen MR) is 146 cm³/mol. The van der Waals surface area contributed by atoms with Crippen LogP contribution in [0.5, 0.6) is 5.75 Å². The highest BCUT2D eigenvalue weighted by Crippen LogP contribution is 2.32. The van der Waals surface area contributed by atoms with Gasteiger partial charge >= 0.3 is 6.18 Å². The Balaban J connectivity index is 1.87. The zero-order chi connectivity index (χ0) is 25.2. The van der Waals surface area contributed by atoms with Crippen LogP contribution in [0.1, 0.15) is 11.1 Å². The van der Waals surface area contributed by atoms with Gasteiger partial charge in [0, 0.05) is 5.56 Å². The first-order valence-corrected chi connectivity index (χ1v) is 12.1. The molecule has 0 atom stereocenters. The van der Waals surface area contributed by atoms with Gasteiger partial charge in [0.25, 0.3) is 5.56 Å². The van der Waals surface area contributed by atoms with E-state index < -0.39 is 17.3 Å². The molecule has 0 saturated heterocycles. The highest BCUT2D eigenvalue weighted by molar-refractivity contribution is 14.1. The van der Waals surface area contributed by atoms with Gasteiger partial charge in [-0.05, 0) is 87.1 Å². The fourth-order valence-electron chi connectivity index (χ4n) is 3.28. The summed E-state index contributed by atoms with van der Waals surface area (Å²) in [7, 11) is 0. The number of rotatable bonds is 5. The minimum Gasteiger partial charge on any atom is -0.479 e. The minimum atomic E-state index is -4.54. The second kappa shape index (κ2) is 10.4. The van der Waals surface area contributed by atoms with Crippen molar-refractivity contribution in [3.05, 3.63) is 89.3 Å². The van der Waals surface area contributed by atoms with Gasteiger partial charge in [-0.3, -0.25) is 4.79 Å². The van der Waals surface area contributed by atoms with Crippen LogP contribution in [0.15, 0.2) is 70.6 Å². The van der Waals surface area contributed by atoms with Gasteiger partial charge in [0.15, 0.2) is 5.82 Å². The lowest BCUT2D eigenvalue weighted by Crippen LogP contribution is -2.20. The summed E-state index contributed by atoms with van der Waals surface area (Å²) < 4.78 is 48.1. The molecule has 4 aromatic rings. The molecule has 176 valence electrons. The van der Waals surface area contributed by atoms with Crippen LogP contribution in [0.3, 0.4) is 0 Å². The van der Waals surface area contributed by atoms with E-state index in [1.807, 2.05) is 0 Å². The molecule has 0 radical (unpaired) electrons. The number of ether oxygens (including phenoxy) is 1. The molecular weight excluding hydrogens is 685 g/mol. The molecule has 0 spiro atoms. The SMILES string of the molecule is C#CCOc1c(I)cc(C=Nn2c(-c3cccc(C(F)(F)F)c3)nc3ccccc3c2=O)cc1I. The topological polar surface area (TPSA) is 56.5 Å². The summed E-state index contributed by atoms with van der Waals surface area (Å²) in [5, 5.41) is 4.62. The molecule has 10 heteroatoms. The maximum atomic E-state index is 13.3. The Hall–Kier alpha value is -2.92. The van der Waals surface area contributed by atoms with E-state index in [1.54, 1.807) is 36.4 Å². The zero-order valence-electron chi connectivity index (χ0n) is 17.7. The first-order chi connectivity index (χ1) is 16.7. The van der Waals surface area contributed by atoms with Crippen molar-refractivity contribution in [3.8, 4) is 29.5 Å². The highest BCUT2D eigenvalue weighted by Gasteiger charge is 2.31. The number of alkyl halides is 3. The number of para-hydroxylation sites is 1. The highest BCUT2D eigenvalue weighted by atomic mass is 127. The number of fused-ring (bicyclic) bond motifs is 1. The maximum Gasteiger partial charge on any atom is 0.416 e. The van der Waals surface area contributed by atoms with Crippen LogP contribution in [-0.4, -0.2) is 22.5 Å². The van der Waals surface area contributed by atoms with Gasteiger partial charge in [0.05, 0.1) is 29.8 Å². The normalized spacial score (nSPS) is 11.7. The molecule has 5 nitrogen and oxygen atoms in total. The summed E-state index contributed by atoms with van der Waals surface area (Å²) in [6.07, 6.45) is 2.17. The molecule has 0 aliphatic carbocycles. The van der Waals surface area contributed by atoms with Crippen LogP contribution in [0.25, 0.3) is 22.3 Å². The lowest BCUT2D eigenvalue weighted by molar-refractivity contribution is -0.137. The third-order valence-corrected chi connectivity index (χ3v) is 6.45. The van der Waals surface area contributed by atoms with E-state index in [-0.39, 0.29) is 18.0 Å². The van der Waals surface area contributed by atoms with Gasteiger partial charge in [-0.2, -0.15) is 22.9 Å². The van der Waals surface area contributed by atoms with E-state index in [1.165, 1.54) is 18.3 Å². The first-order valence-electron chi connectivity index (χ1n) is 9.98. The summed E-state index contributed by atoms with van der Waals surface area (Å²) in [6, 6.07) is 14.8. The molecule has 0 bridgehead atoms. The molecular formula is C25H14F3I2N3O2. The van der Waals surface area contributed by atoms with Gasteiger partial charge in [-0.25, -0.2) is 4.98 Å². The Kier molecular flexibility index (Phi) is 7.46. The van der Waals surface area contributed by atoms with Crippen molar-refractivity contribution in [2.24, 2.45) is 5.10 Å². The van der Waals surface area contributed by atoms with E-state index in [2.05, 4.69) is 61.2 Å². The van der Waals surface area contributed by atoms with Crippen molar-refractivity contribution in [1.82, 2.24) is 9.66 Å². The Labute approximate surface area is 225 Å². The van der Waals surface area contributed by atoms with E-state index in [9.17, 15) is 18.0 Å². The summed E-state index contributed by atoms with van der Waals surface area (Å²) in [5.41, 5.74) is -0.225. The number of halogens is 5. The molecule has 1 heterocycles. The first kappa shape index (κ1) is 25.2. The number of hydrogen-bond donors (Lipinski definition) is 0. The molecule has 1 aromatic heterocycles. The fourth-order valence-corrected chi connectivity index (χ4v) is 5.41. The lowest BCUT2D eigenvalue weighted by Gasteiger charge is -2.12. The molecule has 0 unspecified atom stereocenters. The fraction of sp³-hybridized carbons (Fsp3) is 0.0800. The largest absolute Gasteiger partial charge is 0.479 e. The number of aromatic nitrogens is 2. The van der Waals surface area contributed by atoms with Crippen LogP contribution in [0, 0.1) is 19.5 Å². The minimum absolute atomic E-state index is 0.00517. The predicted octanol–water partition coefficient (Wildman–Crippen LogP) is 6.19. The Morgan fingerprint density at radius 2 is 1.80 bits per heavy atom. The van der Waals surface area contributed by atoms with Gasteiger partial charge in [0.1, 0.15) is 12.4 Å². The Morgan fingerprint density at radius 3 is 2.49 bits per heavy atom. The van der Waals surface area contributed by atoms with Crippen molar-refractivity contribution < 1.29 is 17.9 Å². The van der Waals surface area contributed by atoms with E-state index in [0.29, 0.717) is 22.2 Å². The number of benzene rings is 3. The van der Waals surface area contributed by atoms with Crippen LogP contribution < -0.4 is 10.3 Å². The third kappa shape index (κ3) is 5.51. The number of hydrogen-bond acceptors (Lipinski definition) is 4. The van der Waals surface area contributed by atoms with Crippen molar-refractivity contribution >= 4 is 62.3 Å². The maximum absolute atomic E-state index is 13.3. The smallest absolute Gasteiger partial charge is 0.416 e. The molecule has 0 saturated carbocycles. The average molecular weight is 699 g/mol. The van der Waals surface area contributed by atoms with Gasteiger partial charge in [-0.15, -0.1) is 6.42 Å². The van der Waals surface area contributed by atoms with Gasteiger partial charge < -0.3 is 4.74 Å². The Morgan fingerprint density at radius 1 is 1.09 bits per heavy atom. The summed E-state index contributed by atoms with van der Waals surface area (Å²) in [4.78, 5) is 17.7. The summed E-state index contributed by atoms with van der Waals surface area (Å²) in [6.45, 7) is 0.123. The van der Waals surface area contributed by atoms with Crippen LogP contribution in [-0.2, 0) is 6.18 Å². The van der Waals surface area contributed by atoms with Crippen molar-refractivity contribution in [2.75, 3.05) is 6.61 Å². The molecule has 0 amide bonds. The van der Waals surface area contributed by atoms with E-state index in [4.69, 9.17) is 11.2 Å². The molecule has 35 heavy (non-hydrogen) atoms. The van der Waals surface area contributed by atoms with Crippen molar-refractivity contribution in [3.63, 3.8) is 0 Å². The molecule has 4 rings (SSSR count). The molecule has 0 N–H and O–H groups in total. The van der Waals surface area contributed by atoms with E-state index in [0.717, 1.165) is 23.9 Å². The number of nitrogens with zero attached hydrogens (tertiary/aromatic N) is 3. The Bertz CT molecular complexity index is 1530. The molecule has 0 aliphatic heterocycles. The monoisotopic (exact) mass is 699 g/mol. The second-order valence-corrected chi connectivity index (χ2v) is 9.52. The van der Waals surface area contributed by atoms with E-state index >= 15 is 0 Å². The molecule has 0 fully saturated rings. The molecule has 0 aliphatic rings. The second-order valence-electron chi connectivity index (χ2n) is 7.20. The van der Waals surface area contributed by atoms with Crippen LogP contribution >= 0.6 is 45.2 Å². The number of terminal acetylenes is 1. The van der Waals surface area contributed by atoms with Gasteiger partial charge in [0.2, 0.25) is 0 Å². The van der Waals surface area contributed by atoms with Gasteiger partial charge in [-0.1, -0.05) is 30.2 Å². The summed E-state index contributed by atoms with van der Waals surface area (Å²) in [5.74, 6) is 3.05. The standard InChI is InChI=1S/C25H14F3I2N3O2/c1-2-10-35-22-19(29)11-15(12-20(22)30)14-31-33-23(16-6-5-7-17(13-16)25(26,27)28)32-21-9-4-3-8-18(21)24(33)34/h1,3-9,11-14H,10H2. The summed E-state index contributed by atoms with van der Waals surface area (Å²) >= 11 is 4.21. The molecule has 3 aromatic carbocycles. The van der Waals surface area contributed by atoms with Crippen LogP contribution in [0.4, 0.5) is 13.2 Å². The van der Waals surface area contributed by atoms with Crippen molar-refractivity contribution in [1.29, 1.82) is 0 Å². The zero-order valence-corrected chi connectivity index (χ0v) is 22.0. The van der Waals surface area contributed by atoms with Crippen LogP contribution in [0.2, 0.25) is 0 Å². The third-order valence-electron chi connectivity index (χ3n) is 4.84. The van der Waals surface area contributed by atoms with Crippen molar-refractivity contribution in [2.45, 2.75) is 6.18 Å². The average Bonchev–Trinajstić information content (AvgIpc) is 2.82. The quantitative estimate of drug-likeness (QED) is 0.142.